The van der Waals surface area contributed by atoms with Crippen LogP contribution in [0.4, 0.5) is 0 Å². The highest BCUT2D eigenvalue weighted by molar-refractivity contribution is 6.13. The van der Waals surface area contributed by atoms with E-state index in [1.54, 1.807) is 0 Å². The molecule has 4 heteroatoms. The van der Waals surface area contributed by atoms with Crippen LogP contribution >= 0.6 is 0 Å². The maximum absolute atomic E-state index is 5.38. The number of fused-ring (bicyclic) bond motifs is 6. The minimum absolute atomic E-state index is 0.694. The molecule has 0 N–H and O–H groups in total. The van der Waals surface area contributed by atoms with Crippen molar-refractivity contribution in [3.05, 3.63) is 206 Å². The summed E-state index contributed by atoms with van der Waals surface area (Å²) in [6.45, 7) is 0. The van der Waals surface area contributed by atoms with E-state index < -0.39 is 0 Å². The summed E-state index contributed by atoms with van der Waals surface area (Å²) in [6.07, 6.45) is 0. The molecular weight excluding hydrogens is 681 g/mol. The van der Waals surface area contributed by atoms with Crippen LogP contribution in [-0.2, 0) is 0 Å². The fraction of sp³-hybridized carbons (Fsp3) is 0. The standard InChI is InChI=1S/C52H34N4/c1-5-17-35(18-6-1)49-51(50(36-19-7-2-8-20-36)54-52(53-49)37-21-9-3-10-22-37)56-46-28-16-14-26-42(46)44-34-39(30-32-48(44)56)38-29-31-47-43(33-38)41-25-13-15-27-45(41)55(47)40-23-11-4-12-24-40/h1-34H. The monoisotopic (exact) mass is 714 g/mol. The number of aromatic nitrogens is 4. The maximum atomic E-state index is 5.38. The highest BCUT2D eigenvalue weighted by Crippen LogP contribution is 2.42. The van der Waals surface area contributed by atoms with E-state index in [9.17, 15) is 0 Å². The molecule has 0 aliphatic heterocycles. The zero-order chi connectivity index (χ0) is 37.0. The molecule has 0 spiro atoms. The molecule has 0 bridgehead atoms. The smallest absolute Gasteiger partial charge is 0.160 e. The summed E-state index contributed by atoms with van der Waals surface area (Å²) in [5.41, 5.74) is 13.9. The molecule has 4 nitrogen and oxygen atoms in total. The topological polar surface area (TPSA) is 35.6 Å². The molecule has 262 valence electrons. The zero-order valence-corrected chi connectivity index (χ0v) is 30.4. The molecular formula is C52H34N4. The van der Waals surface area contributed by atoms with E-state index in [4.69, 9.17) is 9.97 Å². The van der Waals surface area contributed by atoms with Crippen molar-refractivity contribution in [3.63, 3.8) is 0 Å². The van der Waals surface area contributed by atoms with Gasteiger partial charge in [-0.25, -0.2) is 9.97 Å². The van der Waals surface area contributed by atoms with Gasteiger partial charge in [-0.05, 0) is 59.7 Å². The van der Waals surface area contributed by atoms with E-state index in [0.29, 0.717) is 5.82 Å². The quantitative estimate of drug-likeness (QED) is 0.172. The first kappa shape index (κ1) is 31.9. The molecule has 3 aromatic heterocycles. The third kappa shape index (κ3) is 5.15. The Morgan fingerprint density at radius 2 is 0.679 bits per heavy atom. The van der Waals surface area contributed by atoms with Gasteiger partial charge < -0.3 is 9.13 Å². The molecule has 56 heavy (non-hydrogen) atoms. The average Bonchev–Trinajstić information content (AvgIpc) is 3.79. The predicted molar refractivity (Wildman–Crippen MR) is 232 cm³/mol. The van der Waals surface area contributed by atoms with Crippen LogP contribution in [0.5, 0.6) is 0 Å². The highest BCUT2D eigenvalue weighted by Gasteiger charge is 2.24. The van der Waals surface area contributed by atoms with Gasteiger partial charge in [0, 0.05) is 43.9 Å². The van der Waals surface area contributed by atoms with Crippen molar-refractivity contribution in [1.82, 2.24) is 19.1 Å². The van der Waals surface area contributed by atoms with E-state index in [1.807, 2.05) is 18.2 Å². The summed E-state index contributed by atoms with van der Waals surface area (Å²) in [6, 6.07) is 73.1. The third-order valence-electron chi connectivity index (χ3n) is 10.9. The Morgan fingerprint density at radius 1 is 0.286 bits per heavy atom. The Morgan fingerprint density at radius 3 is 1.20 bits per heavy atom. The SMILES string of the molecule is c1ccc(-c2nc(-c3ccccc3)c(-n3c4ccccc4c4cc(-c5ccc6c(c5)c5ccccc5n6-c5ccccc5)ccc43)c(-c3ccccc3)n2)cc1. The van der Waals surface area contributed by atoms with Crippen LogP contribution in [0.25, 0.3) is 100 Å². The maximum Gasteiger partial charge on any atom is 0.160 e. The van der Waals surface area contributed by atoms with Gasteiger partial charge in [0.1, 0.15) is 0 Å². The molecule has 0 unspecified atom stereocenters. The number of benzene rings is 8. The summed E-state index contributed by atoms with van der Waals surface area (Å²) in [7, 11) is 0. The largest absolute Gasteiger partial charge is 0.309 e. The number of hydrogen-bond acceptors (Lipinski definition) is 2. The van der Waals surface area contributed by atoms with E-state index in [-0.39, 0.29) is 0 Å². The first-order chi connectivity index (χ1) is 27.8. The van der Waals surface area contributed by atoms with Gasteiger partial charge in [0.15, 0.2) is 5.82 Å². The summed E-state index contributed by atoms with van der Waals surface area (Å²) in [4.78, 5) is 10.8. The van der Waals surface area contributed by atoms with Crippen molar-refractivity contribution in [1.29, 1.82) is 0 Å². The first-order valence-corrected chi connectivity index (χ1v) is 19.0. The lowest BCUT2D eigenvalue weighted by Gasteiger charge is -2.19. The molecule has 0 aliphatic rings. The average molecular weight is 715 g/mol. The van der Waals surface area contributed by atoms with E-state index in [0.717, 1.165) is 50.5 Å². The molecule has 0 radical (unpaired) electrons. The Bertz CT molecular complexity index is 3160. The normalized spacial score (nSPS) is 11.6. The van der Waals surface area contributed by atoms with E-state index in [1.165, 1.54) is 43.7 Å². The van der Waals surface area contributed by atoms with Crippen molar-refractivity contribution >= 4 is 43.6 Å². The minimum atomic E-state index is 0.694. The second-order valence-electron chi connectivity index (χ2n) is 14.2. The van der Waals surface area contributed by atoms with Crippen LogP contribution in [0.1, 0.15) is 0 Å². The van der Waals surface area contributed by atoms with Gasteiger partial charge in [0.2, 0.25) is 0 Å². The summed E-state index contributed by atoms with van der Waals surface area (Å²) < 4.78 is 4.75. The van der Waals surface area contributed by atoms with Crippen molar-refractivity contribution in [2.75, 3.05) is 0 Å². The van der Waals surface area contributed by atoms with Gasteiger partial charge >= 0.3 is 0 Å². The van der Waals surface area contributed by atoms with Crippen LogP contribution in [0.15, 0.2) is 206 Å². The van der Waals surface area contributed by atoms with Crippen LogP contribution < -0.4 is 0 Å². The number of rotatable bonds is 6. The van der Waals surface area contributed by atoms with Crippen LogP contribution in [0.3, 0.4) is 0 Å². The molecule has 0 amide bonds. The third-order valence-corrected chi connectivity index (χ3v) is 10.9. The summed E-state index contributed by atoms with van der Waals surface area (Å²) in [5, 5.41) is 4.83. The molecule has 3 heterocycles. The lowest BCUT2D eigenvalue weighted by atomic mass is 10.0. The first-order valence-electron chi connectivity index (χ1n) is 19.0. The van der Waals surface area contributed by atoms with Crippen molar-refractivity contribution in [2.24, 2.45) is 0 Å². The van der Waals surface area contributed by atoms with Gasteiger partial charge in [0.25, 0.3) is 0 Å². The lowest BCUT2D eigenvalue weighted by Crippen LogP contribution is -2.06. The van der Waals surface area contributed by atoms with Gasteiger partial charge in [-0.2, -0.15) is 0 Å². The van der Waals surface area contributed by atoms with Gasteiger partial charge in [-0.15, -0.1) is 0 Å². The Hall–Kier alpha value is -7.56. The fourth-order valence-electron chi connectivity index (χ4n) is 8.38. The summed E-state index contributed by atoms with van der Waals surface area (Å²) >= 11 is 0. The predicted octanol–water partition coefficient (Wildman–Crippen LogP) is 13.3. The van der Waals surface area contributed by atoms with Crippen LogP contribution in [0, 0.1) is 0 Å². The molecule has 8 aromatic carbocycles. The lowest BCUT2D eigenvalue weighted by molar-refractivity contribution is 1.09. The Labute approximate surface area is 324 Å². The second kappa shape index (κ2) is 13.1. The Balaban J connectivity index is 1.17. The molecule has 0 aliphatic carbocycles. The number of nitrogens with zero attached hydrogens (tertiary/aromatic N) is 4. The zero-order valence-electron chi connectivity index (χ0n) is 30.4. The van der Waals surface area contributed by atoms with Crippen LogP contribution in [-0.4, -0.2) is 19.1 Å². The van der Waals surface area contributed by atoms with Gasteiger partial charge in [-0.3, -0.25) is 0 Å². The molecule has 0 saturated carbocycles. The van der Waals surface area contributed by atoms with Crippen molar-refractivity contribution in [3.8, 4) is 56.4 Å². The molecule has 0 atom stereocenters. The van der Waals surface area contributed by atoms with Crippen LogP contribution in [0.2, 0.25) is 0 Å². The highest BCUT2D eigenvalue weighted by atomic mass is 15.0. The van der Waals surface area contributed by atoms with E-state index >= 15 is 0 Å². The van der Waals surface area contributed by atoms with E-state index in [2.05, 4.69) is 197 Å². The molecule has 0 saturated heterocycles. The van der Waals surface area contributed by atoms with Gasteiger partial charge in [-0.1, -0.05) is 158 Å². The number of hydrogen-bond donors (Lipinski definition) is 0. The molecule has 11 aromatic rings. The number of para-hydroxylation sites is 3. The molecule has 11 rings (SSSR count). The second-order valence-corrected chi connectivity index (χ2v) is 14.2. The fourth-order valence-corrected chi connectivity index (χ4v) is 8.38. The Kier molecular flexibility index (Phi) is 7.46. The summed E-state index contributed by atoms with van der Waals surface area (Å²) in [5.74, 6) is 0.694. The minimum Gasteiger partial charge on any atom is -0.309 e. The van der Waals surface area contributed by atoms with Crippen molar-refractivity contribution < 1.29 is 0 Å². The molecule has 0 fully saturated rings. The van der Waals surface area contributed by atoms with Gasteiger partial charge in [0.05, 0.1) is 39.1 Å². The van der Waals surface area contributed by atoms with Crippen molar-refractivity contribution in [2.45, 2.75) is 0 Å².